The summed E-state index contributed by atoms with van der Waals surface area (Å²) < 4.78 is 18.1. The fourth-order valence-corrected chi connectivity index (χ4v) is 1.67. The van der Waals surface area contributed by atoms with Crippen LogP contribution in [0.2, 0.25) is 0 Å². The molecule has 6 heteroatoms. The lowest BCUT2D eigenvalue weighted by molar-refractivity contribution is -0.138. The van der Waals surface area contributed by atoms with Crippen LogP contribution in [0.5, 0.6) is 0 Å². The van der Waals surface area contributed by atoms with Crippen molar-refractivity contribution in [2.45, 2.75) is 6.54 Å². The van der Waals surface area contributed by atoms with Gasteiger partial charge in [-0.15, -0.1) is 0 Å². The fraction of sp³-hybridized carbons (Fsp3) is 0.231. The second-order valence-electron chi connectivity index (χ2n) is 4.22. The number of aromatic nitrogens is 1. The number of carbonyl (C=O) groups is 1. The molecule has 0 unspecified atom stereocenters. The van der Waals surface area contributed by atoms with E-state index in [1.165, 1.54) is 18.4 Å². The van der Waals surface area contributed by atoms with Gasteiger partial charge in [-0.05, 0) is 31.3 Å². The highest BCUT2D eigenvalue weighted by Gasteiger charge is 2.10. The maximum absolute atomic E-state index is 12.8. The van der Waals surface area contributed by atoms with Gasteiger partial charge in [0.05, 0.1) is 12.2 Å². The third-order valence-electron chi connectivity index (χ3n) is 2.48. The lowest BCUT2D eigenvalue weighted by Crippen LogP contribution is -2.25. The van der Waals surface area contributed by atoms with Crippen LogP contribution in [-0.2, 0) is 11.3 Å². The Hall–Kier alpha value is -2.21. The average Bonchev–Trinajstić information content (AvgIpc) is 2.77. The first-order valence-electron chi connectivity index (χ1n) is 5.65. The third-order valence-corrected chi connectivity index (χ3v) is 2.48. The van der Waals surface area contributed by atoms with Crippen LogP contribution in [0, 0.1) is 5.82 Å². The van der Waals surface area contributed by atoms with E-state index in [0.717, 1.165) is 0 Å². The molecule has 0 saturated carbocycles. The molecule has 0 aliphatic carbocycles. The molecule has 0 amide bonds. The van der Waals surface area contributed by atoms with Crippen molar-refractivity contribution in [3.05, 3.63) is 42.0 Å². The third kappa shape index (κ3) is 3.62. The first-order valence-corrected chi connectivity index (χ1v) is 5.65. The van der Waals surface area contributed by atoms with Crippen LogP contribution in [0.25, 0.3) is 11.5 Å². The first kappa shape index (κ1) is 13.2. The zero-order chi connectivity index (χ0) is 13.8. The van der Waals surface area contributed by atoms with Crippen LogP contribution in [0.1, 0.15) is 5.69 Å². The molecule has 1 aromatic carbocycles. The lowest BCUT2D eigenvalue weighted by atomic mass is 10.2. The van der Waals surface area contributed by atoms with Gasteiger partial charge in [-0.1, -0.05) is 0 Å². The first-order chi connectivity index (χ1) is 9.04. The van der Waals surface area contributed by atoms with Crippen molar-refractivity contribution < 1.29 is 18.7 Å². The molecule has 1 N–H and O–H groups in total. The normalized spacial score (nSPS) is 10.9. The number of hydrogen-bond donors (Lipinski definition) is 1. The van der Waals surface area contributed by atoms with Crippen molar-refractivity contribution in [3.63, 3.8) is 0 Å². The number of benzene rings is 1. The Balaban J connectivity index is 2.06. The van der Waals surface area contributed by atoms with Gasteiger partial charge in [-0.3, -0.25) is 9.69 Å². The molecule has 0 aliphatic heterocycles. The highest BCUT2D eigenvalue weighted by atomic mass is 19.1. The van der Waals surface area contributed by atoms with Gasteiger partial charge in [0.15, 0.2) is 0 Å². The number of hydrogen-bond acceptors (Lipinski definition) is 4. The molecule has 5 nitrogen and oxygen atoms in total. The molecule has 1 aromatic heterocycles. The summed E-state index contributed by atoms with van der Waals surface area (Å²) in [4.78, 5) is 16.4. The summed E-state index contributed by atoms with van der Waals surface area (Å²) in [6.07, 6.45) is 1.47. The van der Waals surface area contributed by atoms with E-state index in [1.807, 2.05) is 0 Å². The summed E-state index contributed by atoms with van der Waals surface area (Å²) in [5, 5.41) is 8.65. The number of rotatable bonds is 5. The molecular formula is C13H13FN2O3. The van der Waals surface area contributed by atoms with Crippen LogP contribution in [0.3, 0.4) is 0 Å². The lowest BCUT2D eigenvalue weighted by Gasteiger charge is -2.10. The van der Waals surface area contributed by atoms with Crippen molar-refractivity contribution >= 4 is 5.97 Å². The Morgan fingerprint density at radius 1 is 1.42 bits per heavy atom. The monoisotopic (exact) mass is 264 g/mol. The van der Waals surface area contributed by atoms with E-state index in [4.69, 9.17) is 9.52 Å². The van der Waals surface area contributed by atoms with Crippen LogP contribution >= 0.6 is 0 Å². The Kier molecular flexibility index (Phi) is 3.91. The van der Waals surface area contributed by atoms with Gasteiger partial charge >= 0.3 is 5.97 Å². The van der Waals surface area contributed by atoms with Crippen LogP contribution in [0.15, 0.2) is 34.9 Å². The molecule has 0 fully saturated rings. The maximum atomic E-state index is 12.8. The van der Waals surface area contributed by atoms with Crippen molar-refractivity contribution in [2.24, 2.45) is 0 Å². The van der Waals surface area contributed by atoms with Gasteiger partial charge in [-0.25, -0.2) is 9.37 Å². The van der Waals surface area contributed by atoms with Gasteiger partial charge in [0.2, 0.25) is 5.89 Å². The smallest absolute Gasteiger partial charge is 0.317 e. The van der Waals surface area contributed by atoms with Gasteiger partial charge < -0.3 is 9.52 Å². The number of oxazole rings is 1. The molecule has 100 valence electrons. The average molecular weight is 264 g/mol. The minimum atomic E-state index is -0.898. The molecule has 2 aromatic rings. The van der Waals surface area contributed by atoms with E-state index in [-0.39, 0.29) is 12.4 Å². The standard InChI is InChI=1S/C13H13FN2O3/c1-16(7-12(17)18)6-11-8-19-13(15-11)9-2-4-10(14)5-3-9/h2-5,8H,6-7H2,1H3,(H,17,18). The zero-order valence-corrected chi connectivity index (χ0v) is 10.3. The second-order valence-corrected chi connectivity index (χ2v) is 4.22. The summed E-state index contributed by atoms with van der Waals surface area (Å²) in [7, 11) is 1.68. The fourth-order valence-electron chi connectivity index (χ4n) is 1.67. The van der Waals surface area contributed by atoms with E-state index in [9.17, 15) is 9.18 Å². The van der Waals surface area contributed by atoms with E-state index in [0.29, 0.717) is 23.7 Å². The predicted molar refractivity (Wildman–Crippen MR) is 65.9 cm³/mol. The molecule has 2 rings (SSSR count). The van der Waals surface area contributed by atoms with E-state index in [2.05, 4.69) is 4.98 Å². The summed E-state index contributed by atoms with van der Waals surface area (Å²) in [5.41, 5.74) is 1.30. The Morgan fingerprint density at radius 3 is 2.74 bits per heavy atom. The SMILES string of the molecule is CN(CC(=O)O)Cc1coc(-c2ccc(F)cc2)n1. The topological polar surface area (TPSA) is 66.6 Å². The summed E-state index contributed by atoms with van der Waals surface area (Å²) in [6.45, 7) is 0.301. The van der Waals surface area contributed by atoms with E-state index < -0.39 is 5.97 Å². The summed E-state index contributed by atoms with van der Waals surface area (Å²) in [5.74, 6) is -0.833. The Labute approximate surface area is 109 Å². The number of halogens is 1. The largest absolute Gasteiger partial charge is 0.480 e. The molecule has 0 bridgehead atoms. The van der Waals surface area contributed by atoms with Gasteiger partial charge in [-0.2, -0.15) is 0 Å². The number of aliphatic carboxylic acids is 1. The summed E-state index contributed by atoms with van der Waals surface area (Å²) >= 11 is 0. The number of carboxylic acid groups (broad SMARTS) is 1. The highest BCUT2D eigenvalue weighted by Crippen LogP contribution is 2.19. The Bertz CT molecular complexity index is 566. The maximum Gasteiger partial charge on any atom is 0.317 e. The molecule has 0 aliphatic rings. The quantitative estimate of drug-likeness (QED) is 0.894. The molecule has 1 heterocycles. The molecule has 0 spiro atoms. The minimum absolute atomic E-state index is 0.0707. The van der Waals surface area contributed by atoms with Crippen molar-refractivity contribution in [1.29, 1.82) is 0 Å². The predicted octanol–water partition coefficient (Wildman–Crippen LogP) is 2.00. The zero-order valence-electron chi connectivity index (χ0n) is 10.3. The molecule has 0 radical (unpaired) electrons. The van der Waals surface area contributed by atoms with Gasteiger partial charge in [0, 0.05) is 12.1 Å². The number of nitrogens with zero attached hydrogens (tertiary/aromatic N) is 2. The molecule has 0 atom stereocenters. The van der Waals surface area contributed by atoms with Crippen molar-refractivity contribution in [3.8, 4) is 11.5 Å². The van der Waals surface area contributed by atoms with Crippen LogP contribution in [0.4, 0.5) is 4.39 Å². The van der Waals surface area contributed by atoms with Crippen molar-refractivity contribution in [1.82, 2.24) is 9.88 Å². The number of likely N-dealkylation sites (N-methyl/N-ethyl adjacent to an activating group) is 1. The van der Waals surface area contributed by atoms with Crippen molar-refractivity contribution in [2.75, 3.05) is 13.6 Å². The second kappa shape index (κ2) is 5.62. The molecule has 0 saturated heterocycles. The Morgan fingerprint density at radius 2 is 2.11 bits per heavy atom. The molecule has 19 heavy (non-hydrogen) atoms. The molecular weight excluding hydrogens is 251 g/mol. The van der Waals surface area contributed by atoms with Gasteiger partial charge in [0.25, 0.3) is 0 Å². The highest BCUT2D eigenvalue weighted by molar-refractivity contribution is 5.69. The van der Waals surface area contributed by atoms with Crippen LogP contribution < -0.4 is 0 Å². The van der Waals surface area contributed by atoms with E-state index >= 15 is 0 Å². The number of carboxylic acids is 1. The van der Waals surface area contributed by atoms with Crippen LogP contribution in [-0.4, -0.2) is 34.6 Å². The summed E-state index contributed by atoms with van der Waals surface area (Å²) in [6, 6.07) is 5.81. The minimum Gasteiger partial charge on any atom is -0.480 e. The van der Waals surface area contributed by atoms with E-state index in [1.54, 1.807) is 24.1 Å². The van der Waals surface area contributed by atoms with Gasteiger partial charge in [0.1, 0.15) is 12.1 Å².